The van der Waals surface area contributed by atoms with Gasteiger partial charge in [-0.2, -0.15) is 0 Å². The second kappa shape index (κ2) is 10.2. The normalized spacial score (nSPS) is 11.9. The van der Waals surface area contributed by atoms with Crippen LogP contribution in [0.25, 0.3) is 21.9 Å². The van der Waals surface area contributed by atoms with E-state index in [2.05, 4.69) is 21.2 Å². The van der Waals surface area contributed by atoms with E-state index in [1.165, 1.54) is 4.57 Å². The monoisotopic (exact) mass is 534 g/mol. The van der Waals surface area contributed by atoms with Crippen LogP contribution in [-0.4, -0.2) is 39.3 Å². The molecule has 0 saturated carbocycles. The quantitative estimate of drug-likeness (QED) is 0.327. The van der Waals surface area contributed by atoms with Crippen LogP contribution in [0.3, 0.4) is 0 Å². The fourth-order valence-electron chi connectivity index (χ4n) is 3.98. The third-order valence-corrected chi connectivity index (χ3v) is 6.11. The maximum atomic E-state index is 13.5. The van der Waals surface area contributed by atoms with E-state index in [1.54, 1.807) is 49.4 Å². The number of amides is 1. The van der Waals surface area contributed by atoms with E-state index in [0.717, 1.165) is 4.47 Å². The molecule has 178 valence electrons. The molecule has 0 aliphatic carbocycles. The molecule has 1 heterocycles. The molecule has 8 heteroatoms. The van der Waals surface area contributed by atoms with Gasteiger partial charge in [-0.05, 0) is 53.8 Å². The van der Waals surface area contributed by atoms with Gasteiger partial charge in [-0.15, -0.1) is 0 Å². The average molecular weight is 535 g/mol. The number of carbonyl (C=O) groups is 2. The first kappa shape index (κ1) is 24.4. The largest absolute Gasteiger partial charge is 0.477 e. The fraction of sp³-hybridized carbons (Fsp3) is 0.148. The number of aromatic carboxylic acids is 1. The highest BCUT2D eigenvalue weighted by Crippen LogP contribution is 2.32. The summed E-state index contributed by atoms with van der Waals surface area (Å²) in [6, 6.07) is 20.9. The summed E-state index contributed by atoms with van der Waals surface area (Å²) in [7, 11) is 0. The van der Waals surface area contributed by atoms with Crippen LogP contribution in [0.15, 0.2) is 82.1 Å². The van der Waals surface area contributed by atoms with Gasteiger partial charge in [-0.3, -0.25) is 14.2 Å². The number of carboxylic acids is 1. The zero-order valence-corrected chi connectivity index (χ0v) is 20.5. The number of carboxylic acid groups (broad SMARTS) is 1. The van der Waals surface area contributed by atoms with E-state index >= 15 is 0 Å². The van der Waals surface area contributed by atoms with Gasteiger partial charge in [0.25, 0.3) is 11.5 Å². The van der Waals surface area contributed by atoms with Crippen molar-refractivity contribution in [2.45, 2.75) is 19.6 Å². The van der Waals surface area contributed by atoms with E-state index in [1.807, 2.05) is 30.3 Å². The number of carbonyl (C=O) groups excluding carboxylic acids is 1. The summed E-state index contributed by atoms with van der Waals surface area (Å²) in [6.45, 7) is 1.72. The van der Waals surface area contributed by atoms with E-state index < -0.39 is 17.6 Å². The molecule has 1 aromatic heterocycles. The topological polar surface area (TPSA) is 109 Å². The van der Waals surface area contributed by atoms with Crippen LogP contribution in [-0.2, 0) is 6.54 Å². The first-order valence-electron chi connectivity index (χ1n) is 11.0. The summed E-state index contributed by atoms with van der Waals surface area (Å²) in [4.78, 5) is 38.2. The number of halogens is 1. The molecule has 4 aromatic rings. The molecular weight excluding hydrogens is 512 g/mol. The van der Waals surface area contributed by atoms with E-state index in [4.69, 9.17) is 0 Å². The van der Waals surface area contributed by atoms with Crippen molar-refractivity contribution >= 4 is 38.6 Å². The molecule has 1 atom stereocenters. The van der Waals surface area contributed by atoms with Crippen molar-refractivity contribution in [1.29, 1.82) is 0 Å². The minimum absolute atomic E-state index is 0.0158. The van der Waals surface area contributed by atoms with Crippen LogP contribution in [0, 0.1) is 0 Å². The minimum Gasteiger partial charge on any atom is -0.477 e. The molecule has 0 fully saturated rings. The average Bonchev–Trinajstić information content (AvgIpc) is 2.84. The molecule has 1 unspecified atom stereocenters. The van der Waals surface area contributed by atoms with E-state index in [-0.39, 0.29) is 24.7 Å². The molecule has 0 bridgehead atoms. The third-order valence-electron chi connectivity index (χ3n) is 5.61. The molecule has 0 aliphatic rings. The molecular formula is C27H23BrN2O5. The zero-order chi connectivity index (χ0) is 25.1. The van der Waals surface area contributed by atoms with Crippen molar-refractivity contribution < 1.29 is 19.8 Å². The lowest BCUT2D eigenvalue weighted by molar-refractivity contribution is 0.0685. The lowest BCUT2D eigenvalue weighted by atomic mass is 9.96. The smallest absolute Gasteiger partial charge is 0.353 e. The number of hydrogen-bond acceptors (Lipinski definition) is 4. The van der Waals surface area contributed by atoms with Crippen LogP contribution in [0.2, 0.25) is 0 Å². The third kappa shape index (κ3) is 5.18. The lowest BCUT2D eigenvalue weighted by Crippen LogP contribution is -2.30. The van der Waals surface area contributed by atoms with Crippen molar-refractivity contribution in [3.05, 3.63) is 104 Å². The number of aromatic nitrogens is 1. The Labute approximate surface area is 209 Å². The van der Waals surface area contributed by atoms with Gasteiger partial charge in [0, 0.05) is 27.5 Å². The van der Waals surface area contributed by atoms with Gasteiger partial charge < -0.3 is 15.5 Å². The second-order valence-electron chi connectivity index (χ2n) is 8.23. The molecule has 0 spiro atoms. The fourth-order valence-corrected chi connectivity index (χ4v) is 4.34. The zero-order valence-electron chi connectivity index (χ0n) is 18.9. The number of aliphatic hydroxyl groups excluding tert-OH is 1. The molecule has 0 radical (unpaired) electrons. The SMILES string of the molecule is CC(O)CNC(=O)c1ccc(Cn2c(C(=O)O)c(-c3ccccc3)c3cc(Br)ccc3c2=O)cc1. The number of aliphatic hydroxyl groups is 1. The molecule has 7 nitrogen and oxygen atoms in total. The van der Waals surface area contributed by atoms with Gasteiger partial charge >= 0.3 is 5.97 Å². The second-order valence-corrected chi connectivity index (χ2v) is 9.15. The molecule has 0 aliphatic heterocycles. The van der Waals surface area contributed by atoms with Crippen LogP contribution in [0.4, 0.5) is 0 Å². The van der Waals surface area contributed by atoms with Crippen molar-refractivity contribution in [3.63, 3.8) is 0 Å². The Balaban J connectivity index is 1.84. The summed E-state index contributed by atoms with van der Waals surface area (Å²) >= 11 is 3.43. The van der Waals surface area contributed by atoms with Crippen molar-refractivity contribution in [2.75, 3.05) is 6.54 Å². The summed E-state index contributed by atoms with van der Waals surface area (Å²) in [6.07, 6.45) is -0.660. The minimum atomic E-state index is -1.21. The summed E-state index contributed by atoms with van der Waals surface area (Å²) in [5.41, 5.74) is 1.69. The molecule has 3 aromatic carbocycles. The highest BCUT2D eigenvalue weighted by molar-refractivity contribution is 9.10. The van der Waals surface area contributed by atoms with E-state index in [9.17, 15) is 24.6 Å². The van der Waals surface area contributed by atoms with E-state index in [0.29, 0.717) is 33.0 Å². The first-order chi connectivity index (χ1) is 16.8. The molecule has 3 N–H and O–H groups in total. The highest BCUT2D eigenvalue weighted by Gasteiger charge is 2.23. The van der Waals surface area contributed by atoms with Crippen LogP contribution in [0.1, 0.15) is 33.3 Å². The number of nitrogens with one attached hydrogen (secondary N) is 1. The van der Waals surface area contributed by atoms with Gasteiger partial charge in [0.2, 0.25) is 0 Å². The number of hydrogen-bond donors (Lipinski definition) is 3. The molecule has 4 rings (SSSR count). The van der Waals surface area contributed by atoms with Gasteiger partial charge in [-0.25, -0.2) is 4.79 Å². The number of rotatable bonds is 7. The van der Waals surface area contributed by atoms with Crippen molar-refractivity contribution in [1.82, 2.24) is 9.88 Å². The van der Waals surface area contributed by atoms with Gasteiger partial charge in [0.15, 0.2) is 0 Å². The summed E-state index contributed by atoms with van der Waals surface area (Å²) in [5, 5.41) is 23.1. The Morgan fingerprint density at radius 1 is 1.00 bits per heavy atom. The standard InChI is InChI=1S/C27H23BrN2O5/c1-16(31)14-29-25(32)19-9-7-17(8-10-19)15-30-24(27(34)35)23(18-5-3-2-4-6-18)22-13-20(28)11-12-21(22)26(30)33/h2-13,16,31H,14-15H2,1H3,(H,29,32)(H,34,35). The maximum absolute atomic E-state index is 13.5. The molecule has 0 saturated heterocycles. The highest BCUT2D eigenvalue weighted by atomic mass is 79.9. The first-order valence-corrected chi connectivity index (χ1v) is 11.8. The number of benzene rings is 3. The Hall–Kier alpha value is -3.75. The summed E-state index contributed by atoms with van der Waals surface area (Å²) in [5.74, 6) is -1.54. The van der Waals surface area contributed by atoms with Crippen molar-refractivity contribution in [3.8, 4) is 11.1 Å². The van der Waals surface area contributed by atoms with Crippen LogP contribution < -0.4 is 10.9 Å². The molecule has 1 amide bonds. The number of fused-ring (bicyclic) bond motifs is 1. The Morgan fingerprint density at radius 3 is 2.31 bits per heavy atom. The number of pyridine rings is 1. The van der Waals surface area contributed by atoms with Crippen molar-refractivity contribution in [2.24, 2.45) is 0 Å². The Morgan fingerprint density at radius 2 is 1.69 bits per heavy atom. The Kier molecular flexibility index (Phi) is 7.14. The van der Waals surface area contributed by atoms with Gasteiger partial charge in [0.1, 0.15) is 5.69 Å². The van der Waals surface area contributed by atoms with Gasteiger partial charge in [0.05, 0.1) is 12.6 Å². The maximum Gasteiger partial charge on any atom is 0.353 e. The molecule has 35 heavy (non-hydrogen) atoms. The number of nitrogens with zero attached hydrogens (tertiary/aromatic N) is 1. The van der Waals surface area contributed by atoms with Crippen LogP contribution >= 0.6 is 15.9 Å². The lowest BCUT2D eigenvalue weighted by Gasteiger charge is -2.18. The van der Waals surface area contributed by atoms with Crippen LogP contribution in [0.5, 0.6) is 0 Å². The predicted molar refractivity (Wildman–Crippen MR) is 138 cm³/mol. The predicted octanol–water partition coefficient (Wildman–Crippen LogP) is 4.29. The Bertz CT molecular complexity index is 1460. The summed E-state index contributed by atoms with van der Waals surface area (Å²) < 4.78 is 2.00. The van der Waals surface area contributed by atoms with Gasteiger partial charge in [-0.1, -0.05) is 58.4 Å².